The molecule has 4 aromatic rings. The molecule has 1 saturated heterocycles. The molecule has 0 spiro atoms. The molecule has 1 aromatic carbocycles. The number of ether oxygens (including phenoxy) is 1. The summed E-state index contributed by atoms with van der Waals surface area (Å²) in [5.41, 5.74) is 3.18. The largest absolute Gasteiger partial charge is 0.497 e. The summed E-state index contributed by atoms with van der Waals surface area (Å²) in [6.07, 6.45) is 6.48. The summed E-state index contributed by atoms with van der Waals surface area (Å²) in [6, 6.07) is 9.89. The zero-order valence-corrected chi connectivity index (χ0v) is 18.2. The number of hydrogen-bond acceptors (Lipinski definition) is 6. The molecule has 0 aliphatic carbocycles. The monoisotopic (exact) mass is 435 g/mol. The first-order valence-corrected chi connectivity index (χ1v) is 11.4. The number of H-pyrrole nitrogens is 1. The third-order valence-electron chi connectivity index (χ3n) is 5.89. The quantitative estimate of drug-likeness (QED) is 0.482. The number of nitrogens with one attached hydrogen (secondary N) is 2. The van der Waals surface area contributed by atoms with Crippen molar-refractivity contribution in [1.29, 1.82) is 0 Å². The fourth-order valence-electron chi connectivity index (χ4n) is 4.21. The third-order valence-corrected chi connectivity index (χ3v) is 6.93. The first-order chi connectivity index (χ1) is 15.2. The van der Waals surface area contributed by atoms with Crippen molar-refractivity contribution in [2.75, 3.05) is 31.6 Å². The zero-order valence-electron chi connectivity index (χ0n) is 17.4. The Balaban J connectivity index is 1.19. The number of pyridine rings is 1. The van der Waals surface area contributed by atoms with Crippen molar-refractivity contribution in [2.45, 2.75) is 19.3 Å². The molecule has 2 N–H and O–H groups in total. The number of methoxy groups -OCH3 is 1. The number of rotatable bonds is 6. The van der Waals surface area contributed by atoms with Crippen LogP contribution in [-0.2, 0) is 11.2 Å². The van der Waals surface area contributed by atoms with Gasteiger partial charge >= 0.3 is 0 Å². The Hall–Kier alpha value is -3.13. The number of nitrogens with zero attached hydrogens (tertiary/aromatic N) is 3. The summed E-state index contributed by atoms with van der Waals surface area (Å²) < 4.78 is 5.34. The number of hydrogen-bond donors (Lipinski definition) is 2. The predicted octanol–water partition coefficient (Wildman–Crippen LogP) is 3.76. The first kappa shape index (κ1) is 19.8. The molecule has 31 heavy (non-hydrogen) atoms. The second kappa shape index (κ2) is 8.55. The average molecular weight is 436 g/mol. The minimum atomic E-state index is -0.0169. The van der Waals surface area contributed by atoms with Gasteiger partial charge in [-0.2, -0.15) is 0 Å². The summed E-state index contributed by atoms with van der Waals surface area (Å²) in [4.78, 5) is 28.4. The molecule has 1 unspecified atom stereocenters. The zero-order chi connectivity index (χ0) is 21.2. The lowest BCUT2D eigenvalue weighted by Gasteiger charge is -2.31. The fraction of sp³-hybridized carbons (Fsp3) is 0.348. The highest BCUT2D eigenvalue weighted by atomic mass is 32.1. The lowest BCUT2D eigenvalue weighted by Crippen LogP contribution is -2.43. The van der Waals surface area contributed by atoms with Gasteiger partial charge in [0.05, 0.1) is 13.0 Å². The van der Waals surface area contributed by atoms with Crippen LogP contribution in [0.1, 0.15) is 18.4 Å². The van der Waals surface area contributed by atoms with Gasteiger partial charge in [0, 0.05) is 42.9 Å². The molecule has 0 radical (unpaired) electrons. The molecule has 1 amide bonds. The van der Waals surface area contributed by atoms with Crippen LogP contribution in [0.3, 0.4) is 0 Å². The number of anilines is 1. The lowest BCUT2D eigenvalue weighted by atomic mass is 9.97. The highest BCUT2D eigenvalue weighted by Crippen LogP contribution is 2.30. The van der Waals surface area contributed by atoms with Crippen molar-refractivity contribution >= 4 is 43.6 Å². The molecule has 0 bridgehead atoms. The molecular weight excluding hydrogens is 410 g/mol. The van der Waals surface area contributed by atoms with E-state index in [1.165, 1.54) is 5.56 Å². The van der Waals surface area contributed by atoms with Crippen molar-refractivity contribution in [2.24, 2.45) is 5.92 Å². The molecule has 1 aliphatic heterocycles. The molecule has 8 heteroatoms. The maximum Gasteiger partial charge on any atom is 0.224 e. The Morgan fingerprint density at radius 1 is 1.39 bits per heavy atom. The number of thiazole rings is 1. The van der Waals surface area contributed by atoms with E-state index in [1.807, 2.05) is 36.5 Å². The van der Waals surface area contributed by atoms with Crippen LogP contribution in [0.2, 0.25) is 0 Å². The standard InChI is InChI=1S/C23H25N5O2S/c1-30-17-6-7-19-18(12-17)15(13-26-19)8-10-24-21(29)16-4-3-11-28(14-16)23-27-20-5-2-9-25-22(20)31-23/h2,5-7,9,12-13,16,26H,3-4,8,10-11,14H2,1H3,(H,24,29). The van der Waals surface area contributed by atoms with E-state index in [0.29, 0.717) is 13.1 Å². The second-order valence-corrected chi connectivity index (χ2v) is 8.83. The maximum atomic E-state index is 12.8. The van der Waals surface area contributed by atoms with Crippen LogP contribution in [0.5, 0.6) is 5.75 Å². The van der Waals surface area contributed by atoms with Crippen molar-refractivity contribution < 1.29 is 9.53 Å². The fourth-order valence-corrected chi connectivity index (χ4v) is 5.16. The summed E-state index contributed by atoms with van der Waals surface area (Å²) in [7, 11) is 1.67. The number of aromatic amines is 1. The van der Waals surface area contributed by atoms with E-state index in [9.17, 15) is 4.79 Å². The van der Waals surface area contributed by atoms with Gasteiger partial charge in [-0.15, -0.1) is 0 Å². The van der Waals surface area contributed by atoms with Crippen LogP contribution >= 0.6 is 11.3 Å². The normalized spacial score (nSPS) is 16.7. The smallest absolute Gasteiger partial charge is 0.224 e. The average Bonchev–Trinajstić information content (AvgIpc) is 3.43. The molecule has 3 aromatic heterocycles. The molecular formula is C23H25N5O2S. The molecule has 1 fully saturated rings. The van der Waals surface area contributed by atoms with Crippen LogP contribution in [0.25, 0.3) is 21.3 Å². The molecule has 4 heterocycles. The number of benzene rings is 1. The van der Waals surface area contributed by atoms with Crippen LogP contribution in [0.4, 0.5) is 5.13 Å². The number of piperidine rings is 1. The van der Waals surface area contributed by atoms with E-state index in [0.717, 1.165) is 57.9 Å². The number of fused-ring (bicyclic) bond motifs is 2. The van der Waals surface area contributed by atoms with Gasteiger partial charge < -0.3 is 19.9 Å². The Bertz CT molecular complexity index is 1180. The molecule has 1 atom stereocenters. The van der Waals surface area contributed by atoms with E-state index in [4.69, 9.17) is 9.72 Å². The van der Waals surface area contributed by atoms with E-state index in [2.05, 4.69) is 20.2 Å². The van der Waals surface area contributed by atoms with Gasteiger partial charge in [-0.05, 0) is 55.2 Å². The summed E-state index contributed by atoms with van der Waals surface area (Å²) in [5, 5.41) is 5.24. The Morgan fingerprint density at radius 3 is 3.19 bits per heavy atom. The van der Waals surface area contributed by atoms with E-state index in [1.54, 1.807) is 24.6 Å². The highest BCUT2D eigenvalue weighted by molar-refractivity contribution is 7.21. The van der Waals surface area contributed by atoms with Gasteiger partial charge in [0.15, 0.2) is 5.13 Å². The molecule has 7 nitrogen and oxygen atoms in total. The number of carbonyl (C=O) groups excluding carboxylic acids is 1. The summed E-state index contributed by atoms with van der Waals surface area (Å²) in [5.74, 6) is 0.947. The van der Waals surface area contributed by atoms with Crippen molar-refractivity contribution in [3.63, 3.8) is 0 Å². The van der Waals surface area contributed by atoms with Gasteiger partial charge in [0.25, 0.3) is 0 Å². The van der Waals surface area contributed by atoms with Crippen molar-refractivity contribution in [3.05, 3.63) is 48.3 Å². The van der Waals surface area contributed by atoms with Crippen LogP contribution < -0.4 is 15.0 Å². The first-order valence-electron chi connectivity index (χ1n) is 10.6. The maximum absolute atomic E-state index is 12.8. The van der Waals surface area contributed by atoms with Crippen LogP contribution in [0.15, 0.2) is 42.7 Å². The van der Waals surface area contributed by atoms with E-state index < -0.39 is 0 Å². The topological polar surface area (TPSA) is 83.1 Å². The van der Waals surface area contributed by atoms with Gasteiger partial charge in [-0.3, -0.25) is 4.79 Å². The number of carbonyl (C=O) groups is 1. The van der Waals surface area contributed by atoms with Gasteiger partial charge in [-0.1, -0.05) is 11.3 Å². The Kier molecular flexibility index (Phi) is 5.46. The molecule has 5 rings (SSSR count). The molecule has 1 aliphatic rings. The minimum Gasteiger partial charge on any atom is -0.497 e. The molecule has 0 saturated carbocycles. The summed E-state index contributed by atoms with van der Waals surface area (Å²) >= 11 is 1.60. The van der Waals surface area contributed by atoms with Crippen LogP contribution in [0, 0.1) is 5.92 Å². The van der Waals surface area contributed by atoms with E-state index in [-0.39, 0.29) is 11.8 Å². The number of amides is 1. The second-order valence-electron chi connectivity index (χ2n) is 7.88. The SMILES string of the molecule is COc1ccc2[nH]cc(CCNC(=O)C3CCCN(c4nc5cccnc5s4)C3)c2c1. The minimum absolute atomic E-state index is 0.0169. The van der Waals surface area contributed by atoms with Crippen LogP contribution in [-0.4, -0.2) is 47.6 Å². The van der Waals surface area contributed by atoms with Gasteiger partial charge in [0.1, 0.15) is 16.1 Å². The Morgan fingerprint density at radius 2 is 2.32 bits per heavy atom. The summed E-state index contributed by atoms with van der Waals surface area (Å²) in [6.45, 7) is 2.25. The predicted molar refractivity (Wildman–Crippen MR) is 124 cm³/mol. The van der Waals surface area contributed by atoms with Gasteiger partial charge in [0.2, 0.25) is 5.91 Å². The third kappa shape index (κ3) is 4.07. The Labute approximate surface area is 184 Å². The lowest BCUT2D eigenvalue weighted by molar-refractivity contribution is -0.125. The number of aromatic nitrogens is 3. The van der Waals surface area contributed by atoms with Crippen molar-refractivity contribution in [3.8, 4) is 5.75 Å². The van der Waals surface area contributed by atoms with Gasteiger partial charge in [-0.25, -0.2) is 9.97 Å². The van der Waals surface area contributed by atoms with Crippen molar-refractivity contribution in [1.82, 2.24) is 20.3 Å². The van der Waals surface area contributed by atoms with E-state index >= 15 is 0 Å². The highest BCUT2D eigenvalue weighted by Gasteiger charge is 2.27. The molecule has 160 valence electrons.